The molecule has 0 radical (unpaired) electrons. The van der Waals surface area contributed by atoms with Crippen molar-refractivity contribution in [2.45, 2.75) is 50.1 Å². The van der Waals surface area contributed by atoms with Gasteiger partial charge in [-0.2, -0.15) is 0 Å². The highest BCUT2D eigenvalue weighted by Crippen LogP contribution is 2.28. The highest BCUT2D eigenvalue weighted by molar-refractivity contribution is 5.29. The Morgan fingerprint density at radius 3 is 2.63 bits per heavy atom. The molecule has 0 spiro atoms. The second kappa shape index (κ2) is 5.21. The number of benzene rings is 1. The maximum Gasteiger partial charge on any atom is 0.0968 e. The molecule has 0 aromatic heterocycles. The number of nitrogens with two attached hydrogens (primary N) is 1. The van der Waals surface area contributed by atoms with E-state index in [-0.39, 0.29) is 12.1 Å². The molecule has 0 saturated heterocycles. The van der Waals surface area contributed by atoms with E-state index >= 15 is 0 Å². The number of aliphatic hydroxyl groups is 2. The normalized spacial score (nSPS) is 35.9. The second-order valence-corrected chi connectivity index (χ2v) is 5.78. The highest BCUT2D eigenvalue weighted by Gasteiger charge is 2.40. The van der Waals surface area contributed by atoms with Crippen LogP contribution >= 0.6 is 0 Å². The van der Waals surface area contributed by atoms with E-state index in [2.05, 4.69) is 29.2 Å². The third-order valence-corrected chi connectivity index (χ3v) is 4.56. The Kier molecular flexibility index (Phi) is 3.58. The van der Waals surface area contributed by atoms with Gasteiger partial charge in [-0.3, -0.25) is 4.90 Å². The molecule has 1 saturated carbocycles. The lowest BCUT2D eigenvalue weighted by molar-refractivity contribution is -0.0750. The van der Waals surface area contributed by atoms with Crippen LogP contribution in [0.25, 0.3) is 0 Å². The van der Waals surface area contributed by atoms with E-state index in [1.165, 1.54) is 11.1 Å². The summed E-state index contributed by atoms with van der Waals surface area (Å²) >= 11 is 0. The molecule has 104 valence electrons. The summed E-state index contributed by atoms with van der Waals surface area (Å²) in [6, 6.07) is 8.24. The fourth-order valence-corrected chi connectivity index (χ4v) is 3.44. The van der Waals surface area contributed by atoms with Gasteiger partial charge in [0.1, 0.15) is 0 Å². The van der Waals surface area contributed by atoms with Gasteiger partial charge in [0.2, 0.25) is 0 Å². The number of hydrogen-bond acceptors (Lipinski definition) is 4. The third-order valence-electron chi connectivity index (χ3n) is 4.56. The molecule has 0 unspecified atom stereocenters. The van der Waals surface area contributed by atoms with Crippen molar-refractivity contribution in [1.29, 1.82) is 0 Å². The molecule has 4 N–H and O–H groups in total. The van der Waals surface area contributed by atoms with Gasteiger partial charge in [0.25, 0.3) is 0 Å². The van der Waals surface area contributed by atoms with Crippen molar-refractivity contribution in [3.05, 3.63) is 35.4 Å². The Bertz CT molecular complexity index is 452. The molecule has 3 rings (SSSR count). The minimum atomic E-state index is -0.728. The minimum Gasteiger partial charge on any atom is -0.390 e. The van der Waals surface area contributed by atoms with Crippen LogP contribution in [0.4, 0.5) is 0 Å². The SMILES string of the molecule is N[C@@H]1CC[C@H](O)[C@H](O)[C@H]1N1CCc2ccccc2C1. The van der Waals surface area contributed by atoms with E-state index < -0.39 is 12.2 Å². The molecule has 0 bridgehead atoms. The standard InChI is InChI=1S/C15H22N2O2/c16-12-5-6-13(18)15(19)14(12)17-8-7-10-3-1-2-4-11(10)9-17/h1-4,12-15,18-19H,5-9,16H2/t12-,13+,14+,15+/m1/s1. The van der Waals surface area contributed by atoms with Crippen LogP contribution in [-0.4, -0.2) is 45.9 Å². The molecular formula is C15H22N2O2. The van der Waals surface area contributed by atoms with E-state index in [1.54, 1.807) is 0 Å². The van der Waals surface area contributed by atoms with E-state index in [1.807, 2.05) is 0 Å². The van der Waals surface area contributed by atoms with Gasteiger partial charge >= 0.3 is 0 Å². The Balaban J connectivity index is 1.80. The maximum atomic E-state index is 10.2. The maximum absolute atomic E-state index is 10.2. The van der Waals surface area contributed by atoms with E-state index in [0.717, 1.165) is 25.9 Å². The van der Waals surface area contributed by atoms with Crippen LogP contribution in [0.5, 0.6) is 0 Å². The third kappa shape index (κ3) is 2.41. The van der Waals surface area contributed by atoms with E-state index in [0.29, 0.717) is 6.42 Å². The summed E-state index contributed by atoms with van der Waals surface area (Å²) in [6.07, 6.45) is 1.00. The van der Waals surface area contributed by atoms with Gasteiger partial charge in [-0.25, -0.2) is 0 Å². The molecule has 1 heterocycles. The van der Waals surface area contributed by atoms with Gasteiger partial charge in [0.15, 0.2) is 0 Å². The average Bonchev–Trinajstić information content (AvgIpc) is 2.43. The summed E-state index contributed by atoms with van der Waals surface area (Å²) in [5.41, 5.74) is 8.87. The van der Waals surface area contributed by atoms with Crippen LogP contribution in [0.1, 0.15) is 24.0 Å². The van der Waals surface area contributed by atoms with Crippen LogP contribution in [-0.2, 0) is 13.0 Å². The van der Waals surface area contributed by atoms with Crippen molar-refractivity contribution in [1.82, 2.24) is 4.90 Å². The van der Waals surface area contributed by atoms with Crippen LogP contribution < -0.4 is 5.73 Å². The molecule has 1 fully saturated rings. The molecular weight excluding hydrogens is 240 g/mol. The molecule has 4 heteroatoms. The molecule has 0 amide bonds. The van der Waals surface area contributed by atoms with Gasteiger partial charge in [-0.15, -0.1) is 0 Å². The monoisotopic (exact) mass is 262 g/mol. The summed E-state index contributed by atoms with van der Waals surface area (Å²) in [7, 11) is 0. The van der Waals surface area contributed by atoms with Gasteiger partial charge in [0, 0.05) is 19.1 Å². The summed E-state index contributed by atoms with van der Waals surface area (Å²) in [5, 5.41) is 20.1. The predicted octanol–water partition coefficient (Wildman–Crippen LogP) is 0.256. The minimum absolute atomic E-state index is 0.0522. The Labute approximate surface area is 113 Å². The van der Waals surface area contributed by atoms with Crippen LogP contribution in [0.15, 0.2) is 24.3 Å². The zero-order valence-electron chi connectivity index (χ0n) is 11.1. The predicted molar refractivity (Wildman–Crippen MR) is 73.6 cm³/mol. The summed E-state index contributed by atoms with van der Waals surface area (Å²) in [4.78, 5) is 2.24. The largest absolute Gasteiger partial charge is 0.390 e. The lowest BCUT2D eigenvalue weighted by Gasteiger charge is -2.45. The molecule has 2 aliphatic rings. The number of fused-ring (bicyclic) bond motifs is 1. The molecule has 1 aromatic carbocycles. The van der Waals surface area contributed by atoms with Crippen molar-refractivity contribution in [2.75, 3.05) is 6.54 Å². The van der Waals surface area contributed by atoms with Crippen LogP contribution in [0.2, 0.25) is 0 Å². The topological polar surface area (TPSA) is 69.7 Å². The van der Waals surface area contributed by atoms with Crippen molar-refractivity contribution in [3.63, 3.8) is 0 Å². The lowest BCUT2D eigenvalue weighted by atomic mass is 9.84. The summed E-state index contributed by atoms with van der Waals surface area (Å²) in [5.74, 6) is 0. The number of aliphatic hydroxyl groups excluding tert-OH is 2. The molecule has 4 atom stereocenters. The summed E-state index contributed by atoms with van der Waals surface area (Å²) < 4.78 is 0. The first-order chi connectivity index (χ1) is 9.16. The zero-order valence-corrected chi connectivity index (χ0v) is 11.1. The molecule has 4 nitrogen and oxygen atoms in total. The van der Waals surface area contributed by atoms with Crippen LogP contribution in [0, 0.1) is 0 Å². The quantitative estimate of drug-likeness (QED) is 0.679. The Morgan fingerprint density at radius 2 is 1.84 bits per heavy atom. The van der Waals surface area contributed by atoms with Crippen molar-refractivity contribution >= 4 is 0 Å². The van der Waals surface area contributed by atoms with E-state index in [4.69, 9.17) is 5.73 Å². The van der Waals surface area contributed by atoms with Gasteiger partial charge in [0.05, 0.1) is 18.2 Å². The first kappa shape index (κ1) is 13.1. The number of nitrogens with zero attached hydrogens (tertiary/aromatic N) is 1. The van der Waals surface area contributed by atoms with Crippen molar-refractivity contribution in [2.24, 2.45) is 5.73 Å². The van der Waals surface area contributed by atoms with Gasteiger partial charge in [-0.05, 0) is 30.4 Å². The van der Waals surface area contributed by atoms with Gasteiger partial charge < -0.3 is 15.9 Å². The van der Waals surface area contributed by atoms with E-state index in [9.17, 15) is 10.2 Å². The second-order valence-electron chi connectivity index (χ2n) is 5.78. The number of rotatable bonds is 1. The Morgan fingerprint density at radius 1 is 1.11 bits per heavy atom. The lowest BCUT2D eigenvalue weighted by Crippen LogP contribution is -2.61. The van der Waals surface area contributed by atoms with Crippen molar-refractivity contribution < 1.29 is 10.2 Å². The van der Waals surface area contributed by atoms with Gasteiger partial charge in [-0.1, -0.05) is 24.3 Å². The number of hydrogen-bond donors (Lipinski definition) is 3. The molecule has 1 aliphatic heterocycles. The molecule has 19 heavy (non-hydrogen) atoms. The van der Waals surface area contributed by atoms with Crippen LogP contribution in [0.3, 0.4) is 0 Å². The average molecular weight is 262 g/mol. The fraction of sp³-hybridized carbons (Fsp3) is 0.600. The van der Waals surface area contributed by atoms with Crippen molar-refractivity contribution in [3.8, 4) is 0 Å². The Hall–Kier alpha value is -0.940. The fourth-order valence-electron chi connectivity index (χ4n) is 3.44. The smallest absolute Gasteiger partial charge is 0.0968 e. The molecule has 1 aliphatic carbocycles. The molecule has 1 aromatic rings. The summed E-state index contributed by atoms with van der Waals surface area (Å²) in [6.45, 7) is 1.72. The first-order valence-corrected chi connectivity index (χ1v) is 7.09. The zero-order chi connectivity index (χ0) is 13.4. The first-order valence-electron chi connectivity index (χ1n) is 7.09. The highest BCUT2D eigenvalue weighted by atomic mass is 16.3.